The molecule has 1 heteroatoms. The summed E-state index contributed by atoms with van der Waals surface area (Å²) in [5.41, 5.74) is 0. The Kier molecular flexibility index (Phi) is 11.2. The van der Waals surface area contributed by atoms with Crippen molar-refractivity contribution in [1.82, 2.24) is 0 Å². The Bertz CT molecular complexity index is 69.3. The molecule has 0 N–H and O–H groups in total. The fourth-order valence-corrected chi connectivity index (χ4v) is 1.02. The molecular weight excluding hydrogens is 127 g/mol. The molecule has 0 bridgehead atoms. The molecule has 0 aromatic heterocycles. The molecule has 0 saturated heterocycles. The van der Waals surface area contributed by atoms with Crippen LogP contribution in [0.25, 0.3) is 0 Å². The molecule has 0 spiro atoms. The van der Waals surface area contributed by atoms with E-state index in [1.54, 1.807) is 0 Å². The molecule has 0 aromatic rings. The van der Waals surface area contributed by atoms with Crippen LogP contribution in [0.5, 0.6) is 0 Å². The Balaban J connectivity index is 0. The molecule has 11 heavy (non-hydrogen) atoms. The molecule has 1 radical (unpaired) electrons. The molecule has 0 aliphatic rings. The Hall–Kier alpha value is 0.597. The predicted octanol–water partition coefficient (Wildman–Crippen LogP) is 3.02. The van der Waals surface area contributed by atoms with E-state index in [1.165, 1.54) is 25.7 Å². The molecule has 63 valence electrons. The summed E-state index contributed by atoms with van der Waals surface area (Å²) >= 11 is 0. The quantitative estimate of drug-likeness (QED) is 0.527. The van der Waals surface area contributed by atoms with E-state index in [0.29, 0.717) is 5.92 Å². The Morgan fingerprint density at radius 2 is 1.73 bits per heavy atom. The summed E-state index contributed by atoms with van der Waals surface area (Å²) in [6.07, 6.45) is 5.37. The maximum absolute atomic E-state index is 3.96. The Labute approximate surface area is 84.3 Å². The van der Waals surface area contributed by atoms with Gasteiger partial charge in [0.25, 0.3) is 0 Å². The Morgan fingerprint density at radius 3 is 2.09 bits per heavy atom. The number of rotatable bonds is 5. The molecular formula is C10H22Li. The van der Waals surface area contributed by atoms with Gasteiger partial charge in [-0.25, -0.2) is 0 Å². The van der Waals surface area contributed by atoms with Gasteiger partial charge in [-0.3, -0.25) is 0 Å². The average Bonchev–Trinajstić information content (AvgIpc) is 1.87. The second-order valence-electron chi connectivity index (χ2n) is 3.55. The van der Waals surface area contributed by atoms with Crippen LogP contribution in [0.1, 0.15) is 46.5 Å². The SMILES string of the molecule is [CH2]C(C)CCCC(C)CC.[LiH]. The van der Waals surface area contributed by atoms with Crippen LogP contribution >= 0.6 is 0 Å². The van der Waals surface area contributed by atoms with E-state index in [9.17, 15) is 0 Å². The normalized spacial score (nSPS) is 12.8. The molecule has 0 heterocycles. The van der Waals surface area contributed by atoms with Crippen LogP contribution in [-0.2, 0) is 0 Å². The third-order valence-corrected chi connectivity index (χ3v) is 2.09. The van der Waals surface area contributed by atoms with Gasteiger partial charge in [-0.2, -0.15) is 0 Å². The van der Waals surface area contributed by atoms with Crippen molar-refractivity contribution in [3.63, 3.8) is 0 Å². The third kappa shape index (κ3) is 10.6. The van der Waals surface area contributed by atoms with Gasteiger partial charge in [0.05, 0.1) is 0 Å². The monoisotopic (exact) mass is 149 g/mol. The summed E-state index contributed by atoms with van der Waals surface area (Å²) < 4.78 is 0. The molecule has 0 amide bonds. The van der Waals surface area contributed by atoms with Crippen molar-refractivity contribution in [3.05, 3.63) is 6.92 Å². The van der Waals surface area contributed by atoms with Crippen LogP contribution in [0.4, 0.5) is 0 Å². The molecule has 2 atom stereocenters. The van der Waals surface area contributed by atoms with Gasteiger partial charge in [-0.05, 0) is 11.8 Å². The molecule has 0 saturated carbocycles. The van der Waals surface area contributed by atoms with Crippen LogP contribution < -0.4 is 0 Å². The van der Waals surface area contributed by atoms with Gasteiger partial charge < -0.3 is 0 Å². The van der Waals surface area contributed by atoms with Gasteiger partial charge in [0, 0.05) is 0 Å². The van der Waals surface area contributed by atoms with Gasteiger partial charge >= 0.3 is 18.9 Å². The minimum absolute atomic E-state index is 0. The summed E-state index contributed by atoms with van der Waals surface area (Å²) in [4.78, 5) is 0. The summed E-state index contributed by atoms with van der Waals surface area (Å²) in [5, 5.41) is 0. The summed E-state index contributed by atoms with van der Waals surface area (Å²) in [6.45, 7) is 10.7. The zero-order valence-corrected chi connectivity index (χ0v) is 7.69. The van der Waals surface area contributed by atoms with Gasteiger partial charge in [-0.1, -0.05) is 53.4 Å². The van der Waals surface area contributed by atoms with E-state index in [2.05, 4.69) is 27.7 Å². The Morgan fingerprint density at radius 1 is 1.18 bits per heavy atom. The van der Waals surface area contributed by atoms with Gasteiger partial charge in [0.2, 0.25) is 0 Å². The maximum atomic E-state index is 3.96. The molecule has 0 rings (SSSR count). The van der Waals surface area contributed by atoms with E-state index in [1.807, 2.05) is 0 Å². The van der Waals surface area contributed by atoms with Crippen molar-refractivity contribution < 1.29 is 0 Å². The second kappa shape index (κ2) is 8.69. The van der Waals surface area contributed by atoms with E-state index in [0.717, 1.165) is 5.92 Å². The van der Waals surface area contributed by atoms with E-state index < -0.39 is 0 Å². The minimum atomic E-state index is 0. The van der Waals surface area contributed by atoms with Crippen LogP contribution in [0.15, 0.2) is 0 Å². The fourth-order valence-electron chi connectivity index (χ4n) is 1.02. The van der Waals surface area contributed by atoms with Gasteiger partial charge in [0.1, 0.15) is 0 Å². The van der Waals surface area contributed by atoms with Crippen molar-refractivity contribution in [2.45, 2.75) is 46.5 Å². The molecule has 0 fully saturated rings. The van der Waals surface area contributed by atoms with Crippen molar-refractivity contribution in [1.29, 1.82) is 0 Å². The van der Waals surface area contributed by atoms with Gasteiger partial charge in [0.15, 0.2) is 0 Å². The summed E-state index contributed by atoms with van der Waals surface area (Å²) in [7, 11) is 0. The summed E-state index contributed by atoms with van der Waals surface area (Å²) in [6, 6.07) is 0. The first-order chi connectivity index (χ1) is 4.66. The topological polar surface area (TPSA) is 0 Å². The van der Waals surface area contributed by atoms with Crippen LogP contribution in [0, 0.1) is 18.8 Å². The van der Waals surface area contributed by atoms with Crippen molar-refractivity contribution in [2.24, 2.45) is 11.8 Å². The average molecular weight is 149 g/mol. The van der Waals surface area contributed by atoms with E-state index >= 15 is 0 Å². The van der Waals surface area contributed by atoms with Crippen molar-refractivity contribution in [3.8, 4) is 0 Å². The van der Waals surface area contributed by atoms with Crippen molar-refractivity contribution in [2.75, 3.05) is 0 Å². The van der Waals surface area contributed by atoms with E-state index in [-0.39, 0.29) is 18.9 Å². The zero-order chi connectivity index (χ0) is 7.98. The molecule has 0 nitrogen and oxygen atoms in total. The van der Waals surface area contributed by atoms with Crippen molar-refractivity contribution >= 4 is 18.9 Å². The van der Waals surface area contributed by atoms with Crippen LogP contribution in [0.3, 0.4) is 0 Å². The molecule has 0 aliphatic heterocycles. The first kappa shape index (κ1) is 14.1. The molecule has 0 aromatic carbocycles. The third-order valence-electron chi connectivity index (χ3n) is 2.09. The van der Waals surface area contributed by atoms with E-state index in [4.69, 9.17) is 0 Å². The second-order valence-corrected chi connectivity index (χ2v) is 3.55. The van der Waals surface area contributed by atoms with Crippen LogP contribution in [-0.4, -0.2) is 18.9 Å². The number of hydrogen-bond donors (Lipinski definition) is 0. The zero-order valence-electron chi connectivity index (χ0n) is 7.69. The molecule has 0 aliphatic carbocycles. The van der Waals surface area contributed by atoms with Gasteiger partial charge in [-0.15, -0.1) is 0 Å². The number of hydrogen-bond acceptors (Lipinski definition) is 0. The summed E-state index contributed by atoms with van der Waals surface area (Å²) in [5.74, 6) is 1.56. The van der Waals surface area contributed by atoms with Crippen LogP contribution in [0.2, 0.25) is 0 Å². The molecule has 2 unspecified atom stereocenters. The first-order valence-corrected chi connectivity index (χ1v) is 4.49. The predicted molar refractivity (Wildman–Crippen MR) is 55.0 cm³/mol. The first-order valence-electron chi connectivity index (χ1n) is 4.49. The fraction of sp³-hybridized carbons (Fsp3) is 0.900. The standard InChI is InChI=1S/C10H21.Li.H/c1-5-10(4)8-6-7-9(2)3;;/h9-10H,2,5-8H2,1,3-4H3;;.